The second-order valence-corrected chi connectivity index (χ2v) is 7.34. The van der Waals surface area contributed by atoms with E-state index in [2.05, 4.69) is 58.1 Å². The van der Waals surface area contributed by atoms with Crippen LogP contribution in [-0.2, 0) is 9.31 Å². The van der Waals surface area contributed by atoms with E-state index in [9.17, 15) is 0 Å². The Labute approximate surface area is 114 Å². The molecule has 3 rings (SSSR count). The minimum absolute atomic E-state index is 0.201. The third-order valence-corrected chi connectivity index (χ3v) is 5.58. The minimum atomic E-state index is -0.251. The van der Waals surface area contributed by atoms with Gasteiger partial charge >= 0.3 is 7.12 Å². The highest BCUT2D eigenvalue weighted by atomic mass is 32.2. The zero-order chi connectivity index (χ0) is 13.0. The van der Waals surface area contributed by atoms with Crippen LogP contribution >= 0.6 is 11.8 Å². The molecule has 1 saturated heterocycles. The Morgan fingerprint density at radius 2 is 1.67 bits per heavy atom. The third-order valence-electron chi connectivity index (χ3n) is 4.24. The molecule has 18 heavy (non-hydrogen) atoms. The van der Waals surface area contributed by atoms with Crippen molar-refractivity contribution in [3.8, 4) is 0 Å². The van der Waals surface area contributed by atoms with Gasteiger partial charge in [-0.05, 0) is 27.7 Å². The molecular formula is C14H19BO2S. The predicted molar refractivity (Wildman–Crippen MR) is 77.3 cm³/mol. The van der Waals surface area contributed by atoms with Gasteiger partial charge in [0.25, 0.3) is 0 Å². The van der Waals surface area contributed by atoms with E-state index in [4.69, 9.17) is 9.31 Å². The van der Waals surface area contributed by atoms with Crippen molar-refractivity contribution in [2.75, 3.05) is 0 Å². The average Bonchev–Trinajstić information content (AvgIpc) is 2.78. The first-order valence-electron chi connectivity index (χ1n) is 6.48. The van der Waals surface area contributed by atoms with Crippen molar-refractivity contribution in [1.82, 2.24) is 0 Å². The lowest BCUT2D eigenvalue weighted by Crippen LogP contribution is -2.41. The van der Waals surface area contributed by atoms with E-state index in [1.807, 2.05) is 11.8 Å². The van der Waals surface area contributed by atoms with Crippen LogP contribution in [0.4, 0.5) is 0 Å². The maximum Gasteiger partial charge on any atom is 0.501 e. The summed E-state index contributed by atoms with van der Waals surface area (Å²) in [7, 11) is -0.201. The van der Waals surface area contributed by atoms with E-state index in [0.29, 0.717) is 11.2 Å². The highest BCUT2D eigenvalue weighted by molar-refractivity contribution is 8.05. The topological polar surface area (TPSA) is 18.5 Å². The van der Waals surface area contributed by atoms with Crippen molar-refractivity contribution in [3.05, 3.63) is 35.2 Å². The van der Waals surface area contributed by atoms with Gasteiger partial charge in [-0.1, -0.05) is 30.4 Å². The summed E-state index contributed by atoms with van der Waals surface area (Å²) in [6.07, 6.45) is 11.0. The van der Waals surface area contributed by atoms with Crippen LogP contribution in [0, 0.1) is 5.92 Å². The van der Waals surface area contributed by atoms with Crippen LogP contribution in [0.3, 0.4) is 0 Å². The first kappa shape index (κ1) is 12.6. The molecule has 0 N–H and O–H groups in total. The smallest absolute Gasteiger partial charge is 0.399 e. The summed E-state index contributed by atoms with van der Waals surface area (Å²) in [6, 6.07) is 0. The summed E-state index contributed by atoms with van der Waals surface area (Å²) >= 11 is 1.87. The molecule has 2 nitrogen and oxygen atoms in total. The van der Waals surface area contributed by atoms with Crippen LogP contribution in [0.15, 0.2) is 35.2 Å². The molecule has 0 aromatic heterocycles. The normalized spacial score (nSPS) is 35.8. The molecule has 4 heteroatoms. The van der Waals surface area contributed by atoms with Crippen LogP contribution in [0.2, 0.25) is 0 Å². The van der Waals surface area contributed by atoms with Crippen LogP contribution in [-0.4, -0.2) is 23.6 Å². The van der Waals surface area contributed by atoms with E-state index in [1.54, 1.807) is 0 Å². The second kappa shape index (κ2) is 4.02. The minimum Gasteiger partial charge on any atom is -0.399 e. The van der Waals surface area contributed by atoms with E-state index in [-0.39, 0.29) is 18.3 Å². The SMILES string of the molecule is CC1(C)OB(C2=CC3C=CC=CC3S2)OC1(C)C. The molecule has 2 unspecified atom stereocenters. The number of hydrogen-bond donors (Lipinski definition) is 0. The molecule has 96 valence electrons. The Bertz CT molecular complexity index is 435. The maximum atomic E-state index is 6.09. The average molecular weight is 262 g/mol. The van der Waals surface area contributed by atoms with Crippen LogP contribution in [0.5, 0.6) is 0 Å². The Morgan fingerprint density at radius 3 is 2.28 bits per heavy atom. The van der Waals surface area contributed by atoms with Crippen molar-refractivity contribution >= 4 is 18.9 Å². The Kier molecular flexibility index (Phi) is 2.81. The first-order chi connectivity index (χ1) is 8.39. The van der Waals surface area contributed by atoms with Crippen molar-refractivity contribution in [2.45, 2.75) is 44.1 Å². The molecule has 0 saturated carbocycles. The van der Waals surface area contributed by atoms with Crippen molar-refractivity contribution in [1.29, 1.82) is 0 Å². The number of thioether (sulfide) groups is 1. The molecule has 0 aromatic rings. The standard InChI is InChI=1S/C14H19BO2S/c1-13(2)14(3,4)17-15(16-13)12-9-10-7-5-6-8-11(10)18-12/h5-11H,1-4H3. The zero-order valence-electron chi connectivity index (χ0n) is 11.3. The molecule has 0 aromatic carbocycles. The highest BCUT2D eigenvalue weighted by Gasteiger charge is 2.53. The van der Waals surface area contributed by atoms with Gasteiger partial charge in [0, 0.05) is 16.0 Å². The van der Waals surface area contributed by atoms with Gasteiger partial charge in [-0.15, -0.1) is 11.8 Å². The summed E-state index contributed by atoms with van der Waals surface area (Å²) in [6.45, 7) is 8.39. The lowest BCUT2D eigenvalue weighted by Gasteiger charge is -2.32. The fourth-order valence-corrected chi connectivity index (χ4v) is 3.60. The summed E-state index contributed by atoms with van der Waals surface area (Å²) in [5.74, 6) is 0.494. The monoisotopic (exact) mass is 262 g/mol. The number of fused-ring (bicyclic) bond motifs is 1. The summed E-state index contributed by atoms with van der Waals surface area (Å²) in [4.78, 5) is 1.22. The Morgan fingerprint density at radius 1 is 1.06 bits per heavy atom. The number of rotatable bonds is 1. The quantitative estimate of drug-likeness (QED) is 0.675. The Hall–Kier alpha value is -0.445. The lowest BCUT2D eigenvalue weighted by molar-refractivity contribution is 0.00578. The van der Waals surface area contributed by atoms with Gasteiger partial charge in [0.05, 0.1) is 11.2 Å². The molecule has 1 fully saturated rings. The Balaban J connectivity index is 1.79. The maximum absolute atomic E-state index is 6.09. The highest BCUT2D eigenvalue weighted by Crippen LogP contribution is 2.46. The van der Waals surface area contributed by atoms with E-state index < -0.39 is 0 Å². The van der Waals surface area contributed by atoms with Crippen molar-refractivity contribution in [3.63, 3.8) is 0 Å². The summed E-state index contributed by atoms with van der Waals surface area (Å²) in [5, 5.41) is 0.518. The molecule has 3 aliphatic rings. The van der Waals surface area contributed by atoms with Gasteiger partial charge in [0.2, 0.25) is 0 Å². The van der Waals surface area contributed by atoms with Gasteiger partial charge < -0.3 is 9.31 Å². The van der Waals surface area contributed by atoms with Crippen molar-refractivity contribution in [2.24, 2.45) is 5.92 Å². The van der Waals surface area contributed by atoms with Crippen LogP contribution in [0.25, 0.3) is 0 Å². The molecule has 2 heterocycles. The summed E-state index contributed by atoms with van der Waals surface area (Å²) in [5.41, 5.74) is -0.503. The van der Waals surface area contributed by atoms with Crippen molar-refractivity contribution < 1.29 is 9.31 Å². The molecule has 0 spiro atoms. The van der Waals surface area contributed by atoms with E-state index in [0.717, 1.165) is 0 Å². The van der Waals surface area contributed by atoms with Gasteiger partial charge in [-0.25, -0.2) is 0 Å². The molecule has 0 radical (unpaired) electrons. The van der Waals surface area contributed by atoms with Gasteiger partial charge in [0.15, 0.2) is 0 Å². The second-order valence-electron chi connectivity index (χ2n) is 6.09. The summed E-state index contributed by atoms with van der Waals surface area (Å²) < 4.78 is 12.2. The molecule has 2 atom stereocenters. The number of hydrogen-bond acceptors (Lipinski definition) is 3. The van der Waals surface area contributed by atoms with Crippen LogP contribution < -0.4 is 0 Å². The van der Waals surface area contributed by atoms with Gasteiger partial charge in [-0.3, -0.25) is 0 Å². The lowest BCUT2D eigenvalue weighted by atomic mass is 9.86. The van der Waals surface area contributed by atoms with Crippen LogP contribution in [0.1, 0.15) is 27.7 Å². The predicted octanol–water partition coefficient (Wildman–Crippen LogP) is 3.36. The molecule has 0 bridgehead atoms. The fraction of sp³-hybridized carbons (Fsp3) is 0.571. The fourth-order valence-electron chi connectivity index (χ4n) is 2.35. The number of allylic oxidation sites excluding steroid dienone is 4. The molecule has 2 aliphatic heterocycles. The van der Waals surface area contributed by atoms with Gasteiger partial charge in [-0.2, -0.15) is 0 Å². The molecule has 0 amide bonds. The molecular weight excluding hydrogens is 243 g/mol. The zero-order valence-corrected chi connectivity index (χ0v) is 12.2. The third kappa shape index (κ3) is 1.91. The molecule has 1 aliphatic carbocycles. The first-order valence-corrected chi connectivity index (χ1v) is 7.36. The largest absolute Gasteiger partial charge is 0.501 e. The van der Waals surface area contributed by atoms with Gasteiger partial charge in [0.1, 0.15) is 0 Å². The van der Waals surface area contributed by atoms with E-state index in [1.165, 1.54) is 4.80 Å². The van der Waals surface area contributed by atoms with E-state index >= 15 is 0 Å².